The van der Waals surface area contributed by atoms with E-state index in [-0.39, 0.29) is 12.2 Å². The number of benzene rings is 3. The summed E-state index contributed by atoms with van der Waals surface area (Å²) in [5, 5.41) is 13.8. The van der Waals surface area contributed by atoms with E-state index < -0.39 is 20.9 Å². The van der Waals surface area contributed by atoms with Crippen molar-refractivity contribution in [3.8, 4) is 0 Å². The van der Waals surface area contributed by atoms with Crippen LogP contribution in [0.1, 0.15) is 27.0 Å². The Bertz CT molecular complexity index is 1250. The molecule has 0 radical (unpaired) electrons. The van der Waals surface area contributed by atoms with Crippen molar-refractivity contribution in [1.82, 2.24) is 0 Å². The fourth-order valence-electron chi connectivity index (χ4n) is 3.19. The summed E-state index contributed by atoms with van der Waals surface area (Å²) in [4.78, 5) is 23.2. The van der Waals surface area contributed by atoms with E-state index in [0.29, 0.717) is 22.5 Å². The number of nitro benzene ring substituents is 1. The minimum Gasteiger partial charge on any atom is -0.321 e. The van der Waals surface area contributed by atoms with Crippen LogP contribution in [0.2, 0.25) is 0 Å². The summed E-state index contributed by atoms with van der Waals surface area (Å²) in [7, 11) is -3.56. The van der Waals surface area contributed by atoms with Crippen LogP contribution in [0.15, 0.2) is 66.7 Å². The van der Waals surface area contributed by atoms with Crippen LogP contribution in [-0.4, -0.2) is 25.5 Å². The molecule has 3 aromatic rings. The summed E-state index contributed by atoms with van der Waals surface area (Å²) in [6, 6.07) is 18.2. The lowest BCUT2D eigenvalue weighted by Gasteiger charge is -2.23. The standard InChI is InChI=1S/C23H23N3O5S/c1-16-7-9-18(10-8-16)15-25(32(3,30)31)20-13-11-19(12-14-20)23(27)24-21-5-4-6-22(17(21)2)26(28)29/h4-14H,15H2,1-3H3,(H,24,27). The lowest BCUT2D eigenvalue weighted by atomic mass is 10.1. The van der Waals surface area contributed by atoms with Crippen LogP contribution >= 0.6 is 0 Å². The van der Waals surface area contributed by atoms with Gasteiger partial charge in [-0.1, -0.05) is 35.9 Å². The number of rotatable bonds is 7. The van der Waals surface area contributed by atoms with Crippen molar-refractivity contribution in [1.29, 1.82) is 0 Å². The molecule has 0 atom stereocenters. The minimum atomic E-state index is -3.56. The van der Waals surface area contributed by atoms with E-state index in [9.17, 15) is 23.3 Å². The Labute approximate surface area is 186 Å². The second-order valence-corrected chi connectivity index (χ2v) is 9.37. The Morgan fingerprint density at radius 2 is 1.62 bits per heavy atom. The van der Waals surface area contributed by atoms with Gasteiger partial charge in [-0.15, -0.1) is 0 Å². The van der Waals surface area contributed by atoms with Gasteiger partial charge in [0.25, 0.3) is 11.6 Å². The fourth-order valence-corrected chi connectivity index (χ4v) is 4.08. The zero-order chi connectivity index (χ0) is 23.5. The van der Waals surface area contributed by atoms with E-state index >= 15 is 0 Å². The van der Waals surface area contributed by atoms with E-state index in [4.69, 9.17) is 0 Å². The number of hydrogen-bond acceptors (Lipinski definition) is 5. The van der Waals surface area contributed by atoms with Crippen LogP contribution < -0.4 is 9.62 Å². The summed E-state index contributed by atoms with van der Waals surface area (Å²) < 4.78 is 26.0. The average molecular weight is 454 g/mol. The molecule has 32 heavy (non-hydrogen) atoms. The molecular weight excluding hydrogens is 430 g/mol. The maximum Gasteiger partial charge on any atom is 0.274 e. The van der Waals surface area contributed by atoms with Gasteiger partial charge in [-0.05, 0) is 49.7 Å². The Balaban J connectivity index is 1.82. The SMILES string of the molecule is Cc1ccc(CN(c2ccc(C(=O)Nc3cccc([N+](=O)[O-])c3C)cc2)S(C)(=O)=O)cc1. The van der Waals surface area contributed by atoms with Crippen LogP contribution in [0, 0.1) is 24.0 Å². The molecule has 0 saturated heterocycles. The summed E-state index contributed by atoms with van der Waals surface area (Å²) in [6.07, 6.45) is 1.13. The smallest absolute Gasteiger partial charge is 0.274 e. The summed E-state index contributed by atoms with van der Waals surface area (Å²) in [6.45, 7) is 3.68. The molecule has 0 aliphatic rings. The number of amides is 1. The molecule has 8 nitrogen and oxygen atoms in total. The number of anilines is 2. The first-order valence-electron chi connectivity index (χ1n) is 9.75. The molecule has 3 rings (SSSR count). The molecule has 0 saturated carbocycles. The van der Waals surface area contributed by atoms with Crippen molar-refractivity contribution in [2.45, 2.75) is 20.4 Å². The Kier molecular flexibility index (Phi) is 6.59. The van der Waals surface area contributed by atoms with Crippen LogP contribution in [0.3, 0.4) is 0 Å². The number of carbonyl (C=O) groups is 1. The maximum absolute atomic E-state index is 12.6. The molecule has 0 unspecified atom stereocenters. The lowest BCUT2D eigenvalue weighted by Crippen LogP contribution is -2.29. The molecule has 3 aromatic carbocycles. The first kappa shape index (κ1) is 23.0. The van der Waals surface area contributed by atoms with E-state index in [0.717, 1.165) is 17.4 Å². The van der Waals surface area contributed by atoms with E-state index in [2.05, 4.69) is 5.32 Å². The van der Waals surface area contributed by atoms with Crippen molar-refractivity contribution in [2.75, 3.05) is 15.9 Å². The number of nitro groups is 1. The van der Waals surface area contributed by atoms with E-state index in [1.54, 1.807) is 25.1 Å². The molecule has 1 amide bonds. The number of carbonyl (C=O) groups excluding carboxylic acids is 1. The lowest BCUT2D eigenvalue weighted by molar-refractivity contribution is -0.385. The molecule has 0 aliphatic heterocycles. The minimum absolute atomic E-state index is 0.0851. The van der Waals surface area contributed by atoms with Gasteiger partial charge in [-0.25, -0.2) is 8.42 Å². The van der Waals surface area contributed by atoms with Crippen LogP contribution in [-0.2, 0) is 16.6 Å². The van der Waals surface area contributed by atoms with Gasteiger partial charge in [0.05, 0.1) is 34.7 Å². The maximum atomic E-state index is 12.6. The highest BCUT2D eigenvalue weighted by Gasteiger charge is 2.19. The Morgan fingerprint density at radius 1 is 1.00 bits per heavy atom. The Morgan fingerprint density at radius 3 is 2.19 bits per heavy atom. The normalized spacial score (nSPS) is 11.1. The first-order chi connectivity index (χ1) is 15.1. The van der Waals surface area contributed by atoms with Gasteiger partial charge < -0.3 is 5.32 Å². The van der Waals surface area contributed by atoms with Gasteiger partial charge in [0.2, 0.25) is 10.0 Å². The zero-order valence-corrected chi connectivity index (χ0v) is 18.7. The van der Waals surface area contributed by atoms with Crippen molar-refractivity contribution in [2.24, 2.45) is 0 Å². The number of aryl methyl sites for hydroxylation is 1. The number of hydrogen-bond donors (Lipinski definition) is 1. The highest BCUT2D eigenvalue weighted by Crippen LogP contribution is 2.26. The summed E-state index contributed by atoms with van der Waals surface area (Å²) in [5.74, 6) is -0.454. The van der Waals surface area contributed by atoms with E-state index in [1.807, 2.05) is 31.2 Å². The molecule has 1 N–H and O–H groups in total. The predicted molar refractivity (Wildman–Crippen MR) is 124 cm³/mol. The van der Waals surface area contributed by atoms with E-state index in [1.165, 1.54) is 28.6 Å². The third-order valence-electron chi connectivity index (χ3n) is 5.01. The van der Waals surface area contributed by atoms with Gasteiger partial charge in [0, 0.05) is 11.6 Å². The van der Waals surface area contributed by atoms with Crippen molar-refractivity contribution in [3.63, 3.8) is 0 Å². The third kappa shape index (κ3) is 5.30. The van der Waals surface area contributed by atoms with Gasteiger partial charge in [-0.3, -0.25) is 19.2 Å². The molecule has 0 spiro atoms. The molecule has 0 fully saturated rings. The molecule has 0 aromatic heterocycles. The summed E-state index contributed by atoms with van der Waals surface area (Å²) >= 11 is 0. The quantitative estimate of drug-likeness (QED) is 0.420. The number of nitrogens with zero attached hydrogens (tertiary/aromatic N) is 2. The summed E-state index contributed by atoms with van der Waals surface area (Å²) in [5.41, 5.74) is 3.24. The van der Waals surface area contributed by atoms with Crippen molar-refractivity contribution >= 4 is 33.0 Å². The van der Waals surface area contributed by atoms with Crippen molar-refractivity contribution in [3.05, 3.63) is 99.1 Å². The third-order valence-corrected chi connectivity index (χ3v) is 6.16. The molecule has 9 heteroatoms. The number of sulfonamides is 1. The molecule has 0 aliphatic carbocycles. The monoisotopic (exact) mass is 453 g/mol. The van der Waals surface area contributed by atoms with Gasteiger partial charge >= 0.3 is 0 Å². The second kappa shape index (κ2) is 9.19. The molecule has 0 heterocycles. The van der Waals surface area contributed by atoms with Crippen LogP contribution in [0.5, 0.6) is 0 Å². The van der Waals surface area contributed by atoms with Crippen LogP contribution in [0.4, 0.5) is 17.1 Å². The van der Waals surface area contributed by atoms with Gasteiger partial charge in [0.15, 0.2) is 0 Å². The molecule has 166 valence electrons. The second-order valence-electron chi connectivity index (χ2n) is 7.46. The molecular formula is C23H23N3O5S. The van der Waals surface area contributed by atoms with Crippen molar-refractivity contribution < 1.29 is 18.1 Å². The highest BCUT2D eigenvalue weighted by atomic mass is 32.2. The highest BCUT2D eigenvalue weighted by molar-refractivity contribution is 7.92. The fraction of sp³-hybridized carbons (Fsp3) is 0.174. The van der Waals surface area contributed by atoms with Gasteiger partial charge in [-0.2, -0.15) is 0 Å². The predicted octanol–water partition coefficient (Wildman–Crippen LogP) is 4.43. The molecule has 0 bridgehead atoms. The van der Waals surface area contributed by atoms with Crippen LogP contribution in [0.25, 0.3) is 0 Å². The van der Waals surface area contributed by atoms with Gasteiger partial charge in [0.1, 0.15) is 0 Å². The average Bonchev–Trinajstić information content (AvgIpc) is 2.74. The largest absolute Gasteiger partial charge is 0.321 e. The first-order valence-corrected chi connectivity index (χ1v) is 11.6. The topological polar surface area (TPSA) is 110 Å². The number of nitrogens with one attached hydrogen (secondary N) is 1. The zero-order valence-electron chi connectivity index (χ0n) is 17.9. The Hall–Kier alpha value is -3.72.